The summed E-state index contributed by atoms with van der Waals surface area (Å²) in [5.74, 6) is -10.5. The van der Waals surface area contributed by atoms with Gasteiger partial charge in [0.1, 0.15) is 23.8 Å². The van der Waals surface area contributed by atoms with Crippen LogP contribution in [-0.4, -0.2) is 38.3 Å². The van der Waals surface area contributed by atoms with Crippen molar-refractivity contribution in [2.45, 2.75) is 19.8 Å². The van der Waals surface area contributed by atoms with Gasteiger partial charge in [0.15, 0.2) is 29.0 Å². The molecule has 0 aliphatic carbocycles. The number of carboxylic acid groups (broad SMARTS) is 1. The number of anilines is 2. The molecule has 0 radical (unpaired) electrons. The number of pyridine rings is 1. The van der Waals surface area contributed by atoms with E-state index in [9.17, 15) is 23.5 Å². The average Bonchev–Trinajstić information content (AvgIpc) is 2.97. The number of rotatable bonds is 4. The summed E-state index contributed by atoms with van der Waals surface area (Å²) in [5, 5.41) is 10.4. The predicted molar refractivity (Wildman–Crippen MR) is 151 cm³/mol. The van der Waals surface area contributed by atoms with Crippen LogP contribution in [0.4, 0.5) is 28.9 Å². The van der Waals surface area contributed by atoms with Crippen LogP contribution in [0.3, 0.4) is 0 Å². The van der Waals surface area contributed by atoms with E-state index >= 15 is 8.78 Å². The Kier molecular flexibility index (Phi) is 6.36. The molecule has 3 aromatic carbocycles. The first-order chi connectivity index (χ1) is 20.0. The molecule has 1 N–H and O–H groups in total. The molecule has 216 valence electrons. The van der Waals surface area contributed by atoms with Crippen LogP contribution in [0.2, 0.25) is 0 Å². The van der Waals surface area contributed by atoms with Gasteiger partial charge in [-0.3, -0.25) is 0 Å². The Morgan fingerprint density at radius 3 is 2.38 bits per heavy atom. The van der Waals surface area contributed by atoms with Gasteiger partial charge >= 0.3 is 11.5 Å². The molecule has 0 spiro atoms. The summed E-state index contributed by atoms with van der Waals surface area (Å²) in [6.07, 6.45) is 1.65. The number of aromatic carboxylic acids is 1. The topological polar surface area (TPSA) is 77.9 Å². The standard InChI is InChI=1S/C31H25F4N3O4/c1-5-38-10-6-7-14-11-17-19(13-18(14)38)37(4)30(39)24-21(16-9-8-15(36(2)3)12-20(16)42-29(17)24)22-23(31(40)41)26(33)28(35)27(34)25(22)32/h8-9,11-13H,5-7,10H2,1-4H3/p+1. The van der Waals surface area contributed by atoms with Crippen molar-refractivity contribution in [1.29, 1.82) is 0 Å². The summed E-state index contributed by atoms with van der Waals surface area (Å²) in [4.78, 5) is 30.2. The molecule has 0 amide bonds. The van der Waals surface area contributed by atoms with Gasteiger partial charge in [-0.2, -0.15) is 4.57 Å². The number of hydrogen-bond donors (Lipinski definition) is 1. The summed E-state index contributed by atoms with van der Waals surface area (Å²) in [6.45, 7) is 3.64. The fourth-order valence-corrected chi connectivity index (χ4v) is 5.97. The van der Waals surface area contributed by atoms with E-state index in [0.29, 0.717) is 16.6 Å². The van der Waals surface area contributed by atoms with Crippen LogP contribution in [0.1, 0.15) is 29.3 Å². The Bertz CT molecular complexity index is 2000. The van der Waals surface area contributed by atoms with Gasteiger partial charge in [0, 0.05) is 67.2 Å². The molecule has 3 aliphatic heterocycles. The van der Waals surface area contributed by atoms with Gasteiger partial charge in [-0.25, -0.2) is 27.2 Å². The highest BCUT2D eigenvalue weighted by Crippen LogP contribution is 2.46. The van der Waals surface area contributed by atoms with Crippen molar-refractivity contribution in [2.75, 3.05) is 37.0 Å². The van der Waals surface area contributed by atoms with E-state index in [1.54, 1.807) is 31.1 Å². The van der Waals surface area contributed by atoms with E-state index in [2.05, 4.69) is 4.90 Å². The number of aryl methyl sites for hydroxylation is 2. The second-order valence-electron chi connectivity index (χ2n) is 10.6. The summed E-state index contributed by atoms with van der Waals surface area (Å²) < 4.78 is 67.4. The Morgan fingerprint density at radius 1 is 1.00 bits per heavy atom. The van der Waals surface area contributed by atoms with E-state index in [4.69, 9.17) is 4.42 Å². The van der Waals surface area contributed by atoms with Crippen LogP contribution in [0.5, 0.6) is 0 Å². The van der Waals surface area contributed by atoms with E-state index < -0.39 is 51.5 Å². The van der Waals surface area contributed by atoms with Crippen molar-refractivity contribution in [3.05, 3.63) is 75.1 Å². The molecule has 0 saturated carbocycles. The molecular weight excluding hydrogens is 554 g/mol. The molecule has 0 fully saturated rings. The maximum atomic E-state index is 15.7. The fraction of sp³-hybridized carbons (Fsp3) is 0.258. The molecular formula is C31H26F4N3O4+. The summed E-state index contributed by atoms with van der Waals surface area (Å²) in [7, 11) is 5.04. The minimum Gasteiger partial charge on any atom is -0.478 e. The van der Waals surface area contributed by atoms with Gasteiger partial charge < -0.3 is 19.3 Å². The van der Waals surface area contributed by atoms with Crippen molar-refractivity contribution in [3.8, 4) is 22.5 Å². The molecule has 11 heteroatoms. The maximum absolute atomic E-state index is 15.7. The molecule has 0 unspecified atom stereocenters. The molecule has 0 aromatic heterocycles. The first kappa shape index (κ1) is 27.5. The third kappa shape index (κ3) is 3.83. The molecule has 0 atom stereocenters. The van der Waals surface area contributed by atoms with Gasteiger partial charge in [0.2, 0.25) is 5.52 Å². The van der Waals surface area contributed by atoms with Crippen LogP contribution in [0, 0.1) is 23.3 Å². The second kappa shape index (κ2) is 9.71. The van der Waals surface area contributed by atoms with Crippen LogP contribution >= 0.6 is 0 Å². The van der Waals surface area contributed by atoms with E-state index in [-0.39, 0.29) is 22.3 Å². The van der Waals surface area contributed by atoms with Gasteiger partial charge in [-0.15, -0.1) is 0 Å². The minimum atomic E-state index is -2.26. The number of nitrogens with zero attached hydrogens (tertiary/aromatic N) is 3. The Labute approximate surface area is 237 Å². The van der Waals surface area contributed by atoms with Crippen LogP contribution < -0.4 is 19.9 Å². The molecule has 0 bridgehead atoms. The van der Waals surface area contributed by atoms with Crippen molar-refractivity contribution in [2.24, 2.45) is 7.05 Å². The second-order valence-corrected chi connectivity index (χ2v) is 10.6. The van der Waals surface area contributed by atoms with E-state index in [1.807, 2.05) is 19.1 Å². The SMILES string of the molecule is CCN1CCCc2cc3c4oc5cc(N(C)C)ccc5c(-c5c(F)c(F)c(F)c(F)c5C(=O)O)c-4c(=O)[n+](C)c3cc21. The third-order valence-corrected chi connectivity index (χ3v) is 8.09. The monoisotopic (exact) mass is 580 g/mol. The number of aromatic nitrogens is 1. The number of carboxylic acids is 1. The summed E-state index contributed by atoms with van der Waals surface area (Å²) in [6, 6.07) is 8.40. The molecule has 6 rings (SSSR count). The summed E-state index contributed by atoms with van der Waals surface area (Å²) >= 11 is 0. The van der Waals surface area contributed by atoms with Crippen LogP contribution in [0.25, 0.3) is 44.3 Å². The highest BCUT2D eigenvalue weighted by atomic mass is 19.2. The number of fused-ring (bicyclic) bond motifs is 5. The first-order valence-corrected chi connectivity index (χ1v) is 13.4. The zero-order chi connectivity index (χ0) is 30.2. The van der Waals surface area contributed by atoms with Crippen LogP contribution in [0.15, 0.2) is 39.5 Å². The Hall–Kier alpha value is -4.67. The van der Waals surface area contributed by atoms with Crippen molar-refractivity contribution < 1.29 is 36.4 Å². The smallest absolute Gasteiger partial charge is 0.424 e. The molecule has 0 saturated heterocycles. The number of carbonyl (C=O) groups is 1. The molecule has 3 aliphatic rings. The van der Waals surface area contributed by atoms with Crippen molar-refractivity contribution >= 4 is 39.2 Å². The van der Waals surface area contributed by atoms with Crippen molar-refractivity contribution in [1.82, 2.24) is 0 Å². The molecule has 3 aromatic rings. The molecule has 3 heterocycles. The predicted octanol–water partition coefficient (Wildman–Crippen LogP) is 5.64. The lowest BCUT2D eigenvalue weighted by molar-refractivity contribution is -0.658. The molecule has 42 heavy (non-hydrogen) atoms. The first-order valence-electron chi connectivity index (χ1n) is 13.4. The normalized spacial score (nSPS) is 13.3. The molecule has 7 nitrogen and oxygen atoms in total. The van der Waals surface area contributed by atoms with Crippen molar-refractivity contribution in [3.63, 3.8) is 0 Å². The number of halogens is 4. The zero-order valence-corrected chi connectivity index (χ0v) is 23.2. The van der Waals surface area contributed by atoms with Gasteiger partial charge in [-0.1, -0.05) is 0 Å². The number of benzene rings is 3. The van der Waals surface area contributed by atoms with Crippen LogP contribution in [-0.2, 0) is 13.5 Å². The zero-order valence-electron chi connectivity index (χ0n) is 23.2. The highest BCUT2D eigenvalue weighted by Gasteiger charge is 2.37. The lowest BCUT2D eigenvalue weighted by Crippen LogP contribution is -2.48. The van der Waals surface area contributed by atoms with Gasteiger partial charge in [0.05, 0.1) is 5.39 Å². The lowest BCUT2D eigenvalue weighted by Gasteiger charge is -2.30. The minimum absolute atomic E-state index is 0.0104. The van der Waals surface area contributed by atoms with E-state index in [1.165, 1.54) is 17.7 Å². The Balaban J connectivity index is 1.88. The van der Waals surface area contributed by atoms with Gasteiger partial charge in [0.25, 0.3) is 0 Å². The average molecular weight is 581 g/mol. The maximum Gasteiger partial charge on any atom is 0.424 e. The highest BCUT2D eigenvalue weighted by molar-refractivity contribution is 6.10. The third-order valence-electron chi connectivity index (χ3n) is 8.09. The van der Waals surface area contributed by atoms with E-state index in [0.717, 1.165) is 37.2 Å². The largest absolute Gasteiger partial charge is 0.478 e. The lowest BCUT2D eigenvalue weighted by atomic mass is 9.88. The quantitative estimate of drug-likeness (QED) is 0.0741. The summed E-state index contributed by atoms with van der Waals surface area (Å²) in [5.41, 5.74) is -0.701. The number of hydrogen-bond acceptors (Lipinski definition) is 5. The fourth-order valence-electron chi connectivity index (χ4n) is 5.97. The Morgan fingerprint density at radius 2 is 1.71 bits per heavy atom. The van der Waals surface area contributed by atoms with Gasteiger partial charge in [-0.05, 0) is 43.5 Å².